The summed E-state index contributed by atoms with van der Waals surface area (Å²) in [5.41, 5.74) is -3.10. The Balaban J connectivity index is 2.28. The molecule has 0 fully saturated rings. The first-order valence-corrected chi connectivity index (χ1v) is 6.74. The third kappa shape index (κ3) is 3.70. The molecule has 2 rings (SSSR count). The van der Waals surface area contributed by atoms with Crippen LogP contribution in [0.4, 0.5) is 36.4 Å². The monoisotopic (exact) mass is 389 g/mol. The number of hydrogen-bond acceptors (Lipinski definition) is 2. The molecule has 1 N–H and O–H groups in total. The van der Waals surface area contributed by atoms with E-state index in [0.29, 0.717) is 4.68 Å². The molecule has 25 heavy (non-hydrogen) atoms. The lowest BCUT2D eigenvalue weighted by atomic mass is 10.2. The van der Waals surface area contributed by atoms with Gasteiger partial charge in [0.05, 0.1) is 10.7 Å². The molecule has 4 nitrogen and oxygen atoms in total. The summed E-state index contributed by atoms with van der Waals surface area (Å²) in [6, 6.07) is -0.0621. The molecule has 1 aromatic carbocycles. The van der Waals surface area contributed by atoms with Gasteiger partial charge in [-0.15, -0.1) is 0 Å². The van der Waals surface area contributed by atoms with Crippen LogP contribution >= 0.6 is 11.6 Å². The number of nitrogens with zero attached hydrogens (tertiary/aromatic N) is 2. The molecule has 0 aliphatic rings. The second-order valence-electron chi connectivity index (χ2n) is 4.79. The average Bonchev–Trinajstić information content (AvgIpc) is 2.78. The van der Waals surface area contributed by atoms with Crippen molar-refractivity contribution in [3.8, 4) is 0 Å². The highest BCUT2D eigenvalue weighted by atomic mass is 35.5. The fraction of sp³-hybridized carbons (Fsp3) is 0.231. The molecule has 1 amide bonds. The average molecular weight is 390 g/mol. The van der Waals surface area contributed by atoms with Crippen molar-refractivity contribution in [2.45, 2.75) is 19.6 Å². The molecule has 0 aliphatic heterocycles. The Kier molecular flexibility index (Phi) is 4.98. The zero-order chi connectivity index (χ0) is 19.1. The summed E-state index contributed by atoms with van der Waals surface area (Å²) in [6.45, 7) is 0.194. The Morgan fingerprint density at radius 3 is 2.16 bits per heavy atom. The van der Waals surface area contributed by atoms with Crippen LogP contribution in [0.2, 0.25) is 5.02 Å². The van der Waals surface area contributed by atoms with Crippen molar-refractivity contribution in [3.63, 3.8) is 0 Å². The molecule has 2 aromatic rings. The van der Waals surface area contributed by atoms with Crippen LogP contribution in [-0.4, -0.2) is 15.7 Å². The van der Waals surface area contributed by atoms with E-state index in [1.807, 2.05) is 0 Å². The zero-order valence-corrected chi connectivity index (χ0v) is 12.9. The van der Waals surface area contributed by atoms with Gasteiger partial charge in [0.15, 0.2) is 29.0 Å². The predicted octanol–water partition coefficient (Wildman–Crippen LogP) is 4.06. The van der Waals surface area contributed by atoms with Crippen LogP contribution in [-0.2, 0) is 17.5 Å². The van der Waals surface area contributed by atoms with Crippen molar-refractivity contribution in [1.82, 2.24) is 9.78 Å². The van der Waals surface area contributed by atoms with Gasteiger partial charge in [-0.2, -0.15) is 18.3 Å². The molecule has 0 radical (unpaired) electrons. The number of aromatic nitrogens is 2. The molecule has 0 saturated heterocycles. The summed E-state index contributed by atoms with van der Waals surface area (Å²) in [5, 5.41) is 3.90. The van der Waals surface area contributed by atoms with Gasteiger partial charge in [-0.1, -0.05) is 11.6 Å². The molecule has 0 unspecified atom stereocenters. The van der Waals surface area contributed by atoms with Crippen LogP contribution in [0.1, 0.15) is 11.4 Å². The number of nitrogens with one attached hydrogen (secondary N) is 1. The maximum absolute atomic E-state index is 13.5. The van der Waals surface area contributed by atoms with Crippen LogP contribution in [0.25, 0.3) is 0 Å². The molecule has 1 heterocycles. The third-order valence-electron chi connectivity index (χ3n) is 3.07. The number of amides is 1. The number of carbonyl (C=O) groups is 1. The molecule has 0 spiro atoms. The van der Waals surface area contributed by atoms with Crippen LogP contribution < -0.4 is 5.32 Å². The minimum atomic E-state index is -4.88. The molecule has 12 heteroatoms. The minimum absolute atomic E-state index is 0.0621. The van der Waals surface area contributed by atoms with Gasteiger partial charge in [0.25, 0.3) is 0 Å². The molecule has 0 bridgehead atoms. The van der Waals surface area contributed by atoms with E-state index in [1.165, 1.54) is 0 Å². The van der Waals surface area contributed by atoms with Crippen molar-refractivity contribution in [3.05, 3.63) is 45.7 Å². The van der Waals surface area contributed by atoms with Gasteiger partial charge in [0.2, 0.25) is 5.91 Å². The lowest BCUT2D eigenvalue weighted by Gasteiger charge is -2.09. The van der Waals surface area contributed by atoms with Gasteiger partial charge in [0, 0.05) is 6.07 Å². The van der Waals surface area contributed by atoms with Crippen molar-refractivity contribution in [1.29, 1.82) is 0 Å². The highest BCUT2D eigenvalue weighted by Crippen LogP contribution is 2.35. The first-order chi connectivity index (χ1) is 11.4. The quantitative estimate of drug-likeness (QED) is 0.636. The van der Waals surface area contributed by atoms with Gasteiger partial charge in [-0.3, -0.25) is 9.48 Å². The Hall–Kier alpha value is -2.30. The summed E-state index contributed by atoms with van der Waals surface area (Å²) in [6.07, 6.45) is -4.88. The lowest BCUT2D eigenvalue weighted by Crippen LogP contribution is -2.22. The van der Waals surface area contributed by atoms with Crippen LogP contribution in [0, 0.1) is 30.2 Å². The van der Waals surface area contributed by atoms with E-state index < -0.39 is 58.3 Å². The van der Waals surface area contributed by atoms with Crippen molar-refractivity contribution >= 4 is 23.2 Å². The van der Waals surface area contributed by atoms with E-state index in [0.717, 1.165) is 6.92 Å². The summed E-state index contributed by atoms with van der Waals surface area (Å²) >= 11 is 5.48. The second kappa shape index (κ2) is 6.54. The lowest BCUT2D eigenvalue weighted by molar-refractivity contribution is -0.141. The van der Waals surface area contributed by atoms with Crippen LogP contribution in [0.3, 0.4) is 0 Å². The van der Waals surface area contributed by atoms with Crippen molar-refractivity contribution < 1.29 is 35.5 Å². The SMILES string of the molecule is Cc1c(Cl)c(C(F)(F)F)nn1CC(=O)Nc1c(F)c(F)cc(F)c1F. The fourth-order valence-corrected chi connectivity index (χ4v) is 2.10. The smallest absolute Gasteiger partial charge is 0.319 e. The number of benzene rings is 1. The van der Waals surface area contributed by atoms with Gasteiger partial charge in [-0.05, 0) is 6.92 Å². The number of rotatable bonds is 3. The van der Waals surface area contributed by atoms with Gasteiger partial charge >= 0.3 is 6.18 Å². The van der Waals surface area contributed by atoms with Crippen LogP contribution in [0.15, 0.2) is 6.07 Å². The summed E-state index contributed by atoms with van der Waals surface area (Å²) in [7, 11) is 0. The normalized spacial score (nSPS) is 11.7. The van der Waals surface area contributed by atoms with E-state index >= 15 is 0 Å². The van der Waals surface area contributed by atoms with Gasteiger partial charge in [0.1, 0.15) is 12.2 Å². The fourth-order valence-electron chi connectivity index (χ4n) is 1.86. The Morgan fingerprint density at radius 2 is 1.72 bits per heavy atom. The summed E-state index contributed by atoms with van der Waals surface area (Å²) < 4.78 is 91.6. The standard InChI is InChI=1S/C13H7ClF7N3O/c1-4-8(14)12(13(19,20)21)23-24(4)3-7(25)22-11-9(17)5(15)2-6(16)10(11)18/h2H,3H2,1H3,(H,22,25). The van der Waals surface area contributed by atoms with E-state index in [-0.39, 0.29) is 11.8 Å². The first kappa shape index (κ1) is 19.0. The highest BCUT2D eigenvalue weighted by molar-refractivity contribution is 6.32. The Labute approximate surface area is 140 Å². The van der Waals surface area contributed by atoms with Crippen molar-refractivity contribution in [2.24, 2.45) is 0 Å². The molecule has 0 atom stereocenters. The van der Waals surface area contributed by atoms with E-state index in [1.54, 1.807) is 5.32 Å². The van der Waals surface area contributed by atoms with E-state index in [4.69, 9.17) is 11.6 Å². The number of hydrogen-bond donors (Lipinski definition) is 1. The molecule has 136 valence electrons. The Bertz CT molecular complexity index is 821. The molecule has 0 aliphatic carbocycles. The van der Waals surface area contributed by atoms with E-state index in [2.05, 4.69) is 5.10 Å². The molecular weight excluding hydrogens is 383 g/mol. The zero-order valence-electron chi connectivity index (χ0n) is 12.1. The second-order valence-corrected chi connectivity index (χ2v) is 5.17. The first-order valence-electron chi connectivity index (χ1n) is 6.36. The van der Waals surface area contributed by atoms with Crippen LogP contribution in [0.5, 0.6) is 0 Å². The van der Waals surface area contributed by atoms with E-state index in [9.17, 15) is 35.5 Å². The highest BCUT2D eigenvalue weighted by Gasteiger charge is 2.38. The number of alkyl halides is 3. The molecular formula is C13H7ClF7N3O. The maximum Gasteiger partial charge on any atom is 0.436 e. The molecule has 0 saturated carbocycles. The number of anilines is 1. The topological polar surface area (TPSA) is 46.9 Å². The number of carbonyl (C=O) groups excluding carboxylic acids is 1. The minimum Gasteiger partial charge on any atom is -0.319 e. The largest absolute Gasteiger partial charge is 0.436 e. The summed E-state index contributed by atoms with van der Waals surface area (Å²) in [4.78, 5) is 11.8. The summed E-state index contributed by atoms with van der Waals surface area (Å²) in [5.74, 6) is -8.52. The third-order valence-corrected chi connectivity index (χ3v) is 3.52. The van der Waals surface area contributed by atoms with Crippen molar-refractivity contribution in [2.75, 3.05) is 5.32 Å². The maximum atomic E-state index is 13.5. The molecule has 1 aromatic heterocycles. The van der Waals surface area contributed by atoms with Gasteiger partial charge in [-0.25, -0.2) is 17.6 Å². The number of halogens is 8. The predicted molar refractivity (Wildman–Crippen MR) is 71.9 cm³/mol. The Morgan fingerprint density at radius 1 is 1.20 bits per heavy atom. The van der Waals surface area contributed by atoms with Gasteiger partial charge < -0.3 is 5.32 Å².